The van der Waals surface area contributed by atoms with Crippen LogP contribution in [-0.4, -0.2) is 43.2 Å². The summed E-state index contributed by atoms with van der Waals surface area (Å²) < 4.78 is 5.42. The summed E-state index contributed by atoms with van der Waals surface area (Å²) in [6.07, 6.45) is 7.74. The van der Waals surface area contributed by atoms with Crippen LogP contribution in [0, 0.1) is 0 Å². The lowest BCUT2D eigenvalue weighted by atomic mass is 10.1. The number of benzene rings is 1. The van der Waals surface area contributed by atoms with Crippen molar-refractivity contribution in [3.63, 3.8) is 0 Å². The molecule has 1 amide bonds. The fourth-order valence-electron chi connectivity index (χ4n) is 3.55. The van der Waals surface area contributed by atoms with Crippen LogP contribution in [0.5, 0.6) is 0 Å². The molecule has 1 N–H and O–H groups in total. The molecule has 132 valence electrons. The van der Waals surface area contributed by atoms with Gasteiger partial charge in [0.15, 0.2) is 0 Å². The zero-order chi connectivity index (χ0) is 16.8. The first-order valence-electron chi connectivity index (χ1n) is 9.04. The van der Waals surface area contributed by atoms with Crippen LogP contribution in [-0.2, 0) is 9.53 Å². The average Bonchev–Trinajstić information content (AvgIpc) is 3.14. The molecule has 0 atom stereocenters. The van der Waals surface area contributed by atoms with Crippen molar-refractivity contribution in [2.75, 3.05) is 36.2 Å². The minimum Gasteiger partial charge on any atom is -0.381 e. The number of nitrogens with zero attached hydrogens (tertiary/aromatic N) is 1. The molecule has 0 bridgehead atoms. The fourth-order valence-corrected chi connectivity index (χ4v) is 4.68. The highest BCUT2D eigenvalue weighted by atomic mass is 32.2. The Morgan fingerprint density at radius 3 is 2.46 bits per heavy atom. The Balaban J connectivity index is 1.44. The summed E-state index contributed by atoms with van der Waals surface area (Å²) in [5, 5.41) is 3.70. The first kappa shape index (κ1) is 17.6. The van der Waals surface area contributed by atoms with E-state index in [9.17, 15) is 4.79 Å². The number of hydrogen-bond donors (Lipinski definition) is 1. The number of rotatable bonds is 6. The second-order valence-corrected chi connectivity index (χ2v) is 8.02. The van der Waals surface area contributed by atoms with Crippen molar-refractivity contribution in [1.29, 1.82) is 0 Å². The third-order valence-electron chi connectivity index (χ3n) is 5.04. The predicted octanol–water partition coefficient (Wildman–Crippen LogP) is 3.92. The first-order valence-corrected chi connectivity index (χ1v) is 10.1. The van der Waals surface area contributed by atoms with Gasteiger partial charge in [0.05, 0.1) is 11.9 Å². The maximum atomic E-state index is 12.1. The molecular formula is C19H28N2O2S. The molecule has 5 heteroatoms. The van der Waals surface area contributed by atoms with Crippen LogP contribution >= 0.6 is 11.8 Å². The average molecular weight is 349 g/mol. The molecule has 1 aliphatic carbocycles. The standard InChI is InChI=1S/C19H28N2O2S/c1-23-17-10-12-21(13-11-17)16-8-6-15(7-9-16)20-19(22)14-24-18-4-2-3-5-18/h6-9,17-18H,2-5,10-14H2,1H3,(H,20,22). The minimum absolute atomic E-state index is 0.112. The maximum absolute atomic E-state index is 12.1. The van der Waals surface area contributed by atoms with Crippen LogP contribution in [0.25, 0.3) is 0 Å². The van der Waals surface area contributed by atoms with Crippen molar-refractivity contribution in [1.82, 2.24) is 0 Å². The number of thioether (sulfide) groups is 1. The first-order chi connectivity index (χ1) is 11.7. The molecule has 2 aliphatic rings. The zero-order valence-corrected chi connectivity index (χ0v) is 15.3. The van der Waals surface area contributed by atoms with E-state index in [0.717, 1.165) is 31.6 Å². The minimum atomic E-state index is 0.112. The molecule has 4 nitrogen and oxygen atoms in total. The van der Waals surface area contributed by atoms with Crippen molar-refractivity contribution in [3.8, 4) is 0 Å². The van der Waals surface area contributed by atoms with E-state index in [2.05, 4.69) is 22.3 Å². The maximum Gasteiger partial charge on any atom is 0.234 e. The van der Waals surface area contributed by atoms with Gasteiger partial charge in [0.1, 0.15) is 0 Å². The van der Waals surface area contributed by atoms with Crippen LogP contribution in [0.1, 0.15) is 38.5 Å². The number of amides is 1. The predicted molar refractivity (Wildman–Crippen MR) is 102 cm³/mol. The molecule has 2 fully saturated rings. The number of carbonyl (C=O) groups is 1. The van der Waals surface area contributed by atoms with E-state index in [4.69, 9.17) is 4.74 Å². The molecule has 0 spiro atoms. The van der Waals surface area contributed by atoms with Crippen molar-refractivity contribution >= 4 is 29.0 Å². The summed E-state index contributed by atoms with van der Waals surface area (Å²) in [6.45, 7) is 2.06. The Bertz CT molecular complexity index is 521. The second kappa shape index (κ2) is 8.77. The van der Waals surface area contributed by atoms with Crippen molar-refractivity contribution in [2.45, 2.75) is 49.9 Å². The summed E-state index contributed by atoms with van der Waals surface area (Å²) in [5.41, 5.74) is 2.12. The molecule has 3 rings (SSSR count). The summed E-state index contributed by atoms with van der Waals surface area (Å²) in [5.74, 6) is 0.678. The van der Waals surface area contributed by atoms with Crippen molar-refractivity contribution in [3.05, 3.63) is 24.3 Å². The number of methoxy groups -OCH3 is 1. The van der Waals surface area contributed by atoms with E-state index in [1.54, 1.807) is 7.11 Å². The number of anilines is 2. The number of piperidine rings is 1. The third-order valence-corrected chi connectivity index (χ3v) is 6.42. The van der Waals surface area contributed by atoms with Crippen molar-refractivity contribution < 1.29 is 9.53 Å². The highest BCUT2D eigenvalue weighted by Gasteiger charge is 2.19. The Morgan fingerprint density at radius 2 is 1.83 bits per heavy atom. The SMILES string of the molecule is COC1CCN(c2ccc(NC(=O)CSC3CCCC3)cc2)CC1. The molecule has 0 unspecified atom stereocenters. The zero-order valence-electron chi connectivity index (χ0n) is 14.5. The van der Waals surface area contributed by atoms with Crippen LogP contribution in [0.15, 0.2) is 24.3 Å². The number of nitrogens with one attached hydrogen (secondary N) is 1. The van der Waals surface area contributed by atoms with Gasteiger partial charge in [0.2, 0.25) is 5.91 Å². The van der Waals surface area contributed by atoms with Gasteiger partial charge in [-0.2, -0.15) is 0 Å². The van der Waals surface area contributed by atoms with E-state index in [1.165, 1.54) is 31.4 Å². The fraction of sp³-hybridized carbons (Fsp3) is 0.632. The lowest BCUT2D eigenvalue weighted by molar-refractivity contribution is -0.113. The molecule has 24 heavy (non-hydrogen) atoms. The molecule has 1 saturated heterocycles. The smallest absolute Gasteiger partial charge is 0.234 e. The van der Waals surface area contributed by atoms with Gasteiger partial charge in [0.25, 0.3) is 0 Å². The van der Waals surface area contributed by atoms with E-state index in [-0.39, 0.29) is 5.91 Å². The third kappa shape index (κ3) is 4.90. The number of ether oxygens (including phenoxy) is 1. The van der Waals surface area contributed by atoms with E-state index < -0.39 is 0 Å². The van der Waals surface area contributed by atoms with Crippen LogP contribution in [0.2, 0.25) is 0 Å². The van der Waals surface area contributed by atoms with E-state index >= 15 is 0 Å². The summed E-state index contributed by atoms with van der Waals surface area (Å²) in [6, 6.07) is 8.23. The van der Waals surface area contributed by atoms with Gasteiger partial charge in [-0.05, 0) is 49.9 Å². The molecule has 1 aliphatic heterocycles. The molecule has 1 aromatic carbocycles. The second-order valence-electron chi connectivity index (χ2n) is 6.73. The molecule has 1 saturated carbocycles. The molecule has 0 aromatic heterocycles. The van der Waals surface area contributed by atoms with Gasteiger partial charge in [-0.3, -0.25) is 4.79 Å². The van der Waals surface area contributed by atoms with Gasteiger partial charge in [-0.1, -0.05) is 12.8 Å². The largest absolute Gasteiger partial charge is 0.381 e. The molecule has 0 radical (unpaired) electrons. The van der Waals surface area contributed by atoms with Gasteiger partial charge in [0, 0.05) is 36.8 Å². The summed E-state index contributed by atoms with van der Waals surface area (Å²) in [7, 11) is 1.79. The Kier molecular flexibility index (Phi) is 6.44. The normalized spacial score (nSPS) is 19.6. The highest BCUT2D eigenvalue weighted by molar-refractivity contribution is 8.00. The van der Waals surface area contributed by atoms with E-state index in [0.29, 0.717) is 17.1 Å². The molecular weight excluding hydrogens is 320 g/mol. The Labute approximate surface area is 149 Å². The number of hydrogen-bond acceptors (Lipinski definition) is 4. The Morgan fingerprint density at radius 1 is 1.17 bits per heavy atom. The van der Waals surface area contributed by atoms with Crippen molar-refractivity contribution in [2.24, 2.45) is 0 Å². The quantitative estimate of drug-likeness (QED) is 0.846. The van der Waals surface area contributed by atoms with Gasteiger partial charge in [-0.15, -0.1) is 11.8 Å². The van der Waals surface area contributed by atoms with Gasteiger partial charge < -0.3 is 15.0 Å². The Hall–Kier alpha value is -1.20. The summed E-state index contributed by atoms with van der Waals surface area (Å²) in [4.78, 5) is 14.5. The van der Waals surface area contributed by atoms with Crippen LogP contribution in [0.3, 0.4) is 0 Å². The summed E-state index contributed by atoms with van der Waals surface area (Å²) >= 11 is 1.81. The van der Waals surface area contributed by atoms with Crippen LogP contribution in [0.4, 0.5) is 11.4 Å². The lowest BCUT2D eigenvalue weighted by Crippen LogP contribution is -2.36. The highest BCUT2D eigenvalue weighted by Crippen LogP contribution is 2.29. The lowest BCUT2D eigenvalue weighted by Gasteiger charge is -2.33. The topological polar surface area (TPSA) is 41.6 Å². The molecule has 1 heterocycles. The van der Waals surface area contributed by atoms with Gasteiger partial charge >= 0.3 is 0 Å². The number of carbonyl (C=O) groups excluding carboxylic acids is 1. The van der Waals surface area contributed by atoms with Crippen LogP contribution < -0.4 is 10.2 Å². The van der Waals surface area contributed by atoms with Gasteiger partial charge in [-0.25, -0.2) is 0 Å². The van der Waals surface area contributed by atoms with E-state index in [1.807, 2.05) is 23.9 Å². The monoisotopic (exact) mass is 348 g/mol. The molecule has 1 aromatic rings.